The fraction of sp³-hybridized carbons (Fsp3) is 0.385. The van der Waals surface area contributed by atoms with Crippen LogP contribution in [0.25, 0.3) is 6.08 Å². The molecule has 2 atom stereocenters. The SMILES string of the molecule is CC1=CC2C(=C1[Si](C)(C)C1C(C)=Cc3ccccc31)C=CC1=C2CCCC1. The molecule has 0 bridgehead atoms. The van der Waals surface area contributed by atoms with Crippen LogP contribution in [0.15, 0.2) is 75.6 Å². The van der Waals surface area contributed by atoms with Gasteiger partial charge in [0.15, 0.2) is 0 Å². The molecule has 0 N–H and O–H groups in total. The summed E-state index contributed by atoms with van der Waals surface area (Å²) in [5.41, 5.74) is 11.8. The third-order valence-electron chi connectivity index (χ3n) is 7.34. The van der Waals surface area contributed by atoms with Gasteiger partial charge in [-0.05, 0) is 61.8 Å². The lowest BCUT2D eigenvalue weighted by Gasteiger charge is -2.36. The van der Waals surface area contributed by atoms with Crippen molar-refractivity contribution in [3.63, 3.8) is 0 Å². The van der Waals surface area contributed by atoms with Crippen molar-refractivity contribution in [2.24, 2.45) is 5.92 Å². The standard InChI is InChI=1S/C26H30Si/c1-17-15-20-10-6-8-12-22(20)25(17)27(3,4)26-18(2)16-24-21-11-7-5-9-19(21)13-14-23(24)26/h6,8,10,12-16,24-25H,5,7,9,11H2,1-4H3. The minimum atomic E-state index is -1.71. The largest absolute Gasteiger partial charge is 0.0930 e. The summed E-state index contributed by atoms with van der Waals surface area (Å²) in [5.74, 6) is 0.577. The van der Waals surface area contributed by atoms with E-state index in [4.69, 9.17) is 0 Å². The normalized spacial score (nSPS) is 26.7. The van der Waals surface area contributed by atoms with Crippen molar-refractivity contribution in [1.82, 2.24) is 0 Å². The van der Waals surface area contributed by atoms with E-state index in [9.17, 15) is 0 Å². The molecule has 5 rings (SSSR count). The summed E-state index contributed by atoms with van der Waals surface area (Å²) in [6.45, 7) is 9.95. The fourth-order valence-electron chi connectivity index (χ4n) is 6.43. The molecule has 138 valence electrons. The van der Waals surface area contributed by atoms with Crippen molar-refractivity contribution in [2.45, 2.75) is 58.2 Å². The molecular formula is C26H30Si. The summed E-state index contributed by atoms with van der Waals surface area (Å²) in [6, 6.07) is 9.07. The Morgan fingerprint density at radius 2 is 1.74 bits per heavy atom. The van der Waals surface area contributed by atoms with Crippen LogP contribution in [0.5, 0.6) is 0 Å². The Balaban J connectivity index is 1.62. The smallest absolute Gasteiger partial charge is 0.0701 e. The van der Waals surface area contributed by atoms with Crippen molar-refractivity contribution < 1.29 is 0 Å². The van der Waals surface area contributed by atoms with Crippen molar-refractivity contribution in [2.75, 3.05) is 0 Å². The molecule has 0 heterocycles. The Morgan fingerprint density at radius 3 is 2.59 bits per heavy atom. The van der Waals surface area contributed by atoms with E-state index in [0.717, 1.165) is 0 Å². The summed E-state index contributed by atoms with van der Waals surface area (Å²) >= 11 is 0. The van der Waals surface area contributed by atoms with Gasteiger partial charge in [0.2, 0.25) is 0 Å². The van der Waals surface area contributed by atoms with Crippen molar-refractivity contribution in [1.29, 1.82) is 0 Å². The second kappa shape index (κ2) is 6.07. The lowest BCUT2D eigenvalue weighted by Crippen LogP contribution is -2.38. The zero-order valence-corrected chi connectivity index (χ0v) is 18.1. The second-order valence-corrected chi connectivity index (χ2v) is 13.9. The first-order valence-electron chi connectivity index (χ1n) is 10.6. The minimum absolute atomic E-state index is 0.577. The predicted molar refractivity (Wildman–Crippen MR) is 119 cm³/mol. The Morgan fingerprint density at radius 1 is 0.963 bits per heavy atom. The lowest BCUT2D eigenvalue weighted by atomic mass is 9.78. The van der Waals surface area contributed by atoms with Crippen LogP contribution in [0.3, 0.4) is 0 Å². The van der Waals surface area contributed by atoms with Crippen LogP contribution < -0.4 is 0 Å². The van der Waals surface area contributed by atoms with Gasteiger partial charge in [-0.25, -0.2) is 0 Å². The first-order valence-corrected chi connectivity index (χ1v) is 13.7. The minimum Gasteiger partial charge on any atom is -0.0701 e. The zero-order chi connectivity index (χ0) is 18.8. The van der Waals surface area contributed by atoms with Gasteiger partial charge in [0, 0.05) is 11.5 Å². The van der Waals surface area contributed by atoms with Crippen molar-refractivity contribution >= 4 is 14.1 Å². The molecule has 0 nitrogen and oxygen atoms in total. The van der Waals surface area contributed by atoms with Crippen LogP contribution in [0.1, 0.15) is 56.2 Å². The number of hydrogen-bond donors (Lipinski definition) is 0. The first-order chi connectivity index (χ1) is 13.0. The van der Waals surface area contributed by atoms with E-state index in [1.165, 1.54) is 31.2 Å². The van der Waals surface area contributed by atoms with Gasteiger partial charge in [0.1, 0.15) is 0 Å². The van der Waals surface area contributed by atoms with E-state index < -0.39 is 8.07 Å². The maximum absolute atomic E-state index is 2.61. The molecule has 1 heteroatoms. The Bertz CT molecular complexity index is 977. The number of benzene rings is 1. The molecule has 2 unspecified atom stereocenters. The highest BCUT2D eigenvalue weighted by Crippen LogP contribution is 2.52. The van der Waals surface area contributed by atoms with Gasteiger partial charge >= 0.3 is 0 Å². The van der Waals surface area contributed by atoms with Gasteiger partial charge in [0.05, 0.1) is 8.07 Å². The Kier molecular flexibility index (Phi) is 3.88. The van der Waals surface area contributed by atoms with E-state index in [1.54, 1.807) is 38.6 Å². The van der Waals surface area contributed by atoms with E-state index in [-0.39, 0.29) is 0 Å². The lowest BCUT2D eigenvalue weighted by molar-refractivity contribution is 0.638. The van der Waals surface area contributed by atoms with Crippen molar-refractivity contribution in [3.05, 3.63) is 86.7 Å². The maximum Gasteiger partial charge on any atom is 0.0930 e. The van der Waals surface area contributed by atoms with Gasteiger partial charge in [-0.2, -0.15) is 0 Å². The second-order valence-electron chi connectivity index (χ2n) is 9.42. The number of rotatable bonds is 2. The predicted octanol–water partition coefficient (Wildman–Crippen LogP) is 7.29. The first kappa shape index (κ1) is 17.2. The topological polar surface area (TPSA) is 0 Å². The molecule has 0 amide bonds. The highest BCUT2D eigenvalue weighted by atomic mass is 28.3. The number of hydrogen-bond acceptors (Lipinski definition) is 0. The average Bonchev–Trinajstić information content (AvgIpc) is 3.17. The fourth-order valence-corrected chi connectivity index (χ4v) is 11.1. The van der Waals surface area contributed by atoms with E-state index in [0.29, 0.717) is 11.5 Å². The van der Waals surface area contributed by atoms with Crippen LogP contribution in [-0.4, -0.2) is 8.07 Å². The summed E-state index contributed by atoms with van der Waals surface area (Å²) in [6.07, 6.45) is 15.3. The van der Waals surface area contributed by atoms with Gasteiger partial charge in [-0.15, -0.1) is 0 Å². The van der Waals surface area contributed by atoms with E-state index in [2.05, 4.69) is 75.5 Å². The monoisotopic (exact) mass is 370 g/mol. The van der Waals surface area contributed by atoms with Gasteiger partial charge in [0.25, 0.3) is 0 Å². The quantitative estimate of drug-likeness (QED) is 0.480. The van der Waals surface area contributed by atoms with Gasteiger partial charge < -0.3 is 0 Å². The third kappa shape index (κ3) is 2.47. The zero-order valence-electron chi connectivity index (χ0n) is 17.1. The molecule has 4 aliphatic carbocycles. The Labute approximate surface area is 165 Å². The van der Waals surface area contributed by atoms with Gasteiger partial charge in [-0.3, -0.25) is 0 Å². The molecule has 0 aliphatic heterocycles. The number of fused-ring (bicyclic) bond motifs is 3. The summed E-state index contributed by atoms with van der Waals surface area (Å²) in [7, 11) is -1.71. The summed E-state index contributed by atoms with van der Waals surface area (Å²) in [4.78, 5) is 0. The van der Waals surface area contributed by atoms with Gasteiger partial charge in [-0.1, -0.05) is 83.6 Å². The molecule has 0 saturated heterocycles. The molecule has 1 aromatic carbocycles. The summed E-state index contributed by atoms with van der Waals surface area (Å²) < 4.78 is 0. The number of allylic oxidation sites excluding steroid dienone is 9. The molecular weight excluding hydrogens is 340 g/mol. The molecule has 1 aromatic rings. The molecule has 27 heavy (non-hydrogen) atoms. The highest BCUT2D eigenvalue weighted by molar-refractivity contribution is 6.87. The molecule has 0 spiro atoms. The molecule has 0 saturated carbocycles. The van der Waals surface area contributed by atoms with Crippen molar-refractivity contribution in [3.8, 4) is 0 Å². The summed E-state index contributed by atoms with van der Waals surface area (Å²) in [5, 5.41) is 1.73. The molecule has 0 fully saturated rings. The Hall–Kier alpha value is -1.86. The average molecular weight is 371 g/mol. The van der Waals surface area contributed by atoms with Crippen LogP contribution in [0, 0.1) is 5.92 Å². The molecule has 4 aliphatic rings. The third-order valence-corrected chi connectivity index (χ3v) is 11.5. The highest BCUT2D eigenvalue weighted by Gasteiger charge is 2.45. The molecule has 0 radical (unpaired) electrons. The van der Waals surface area contributed by atoms with E-state index >= 15 is 0 Å². The molecule has 0 aromatic heterocycles. The van der Waals surface area contributed by atoms with Crippen LogP contribution >= 0.6 is 0 Å². The maximum atomic E-state index is 2.61. The van der Waals surface area contributed by atoms with E-state index in [1.807, 2.05) is 0 Å². The van der Waals surface area contributed by atoms with Crippen LogP contribution in [-0.2, 0) is 0 Å². The van der Waals surface area contributed by atoms with Crippen LogP contribution in [0.4, 0.5) is 0 Å². The van der Waals surface area contributed by atoms with Crippen LogP contribution in [0.2, 0.25) is 13.1 Å².